The van der Waals surface area contributed by atoms with Crippen LogP contribution in [-0.4, -0.2) is 42.4 Å². The molecule has 0 bridgehead atoms. The Balaban J connectivity index is 1.75. The molecule has 1 unspecified atom stereocenters. The molecule has 5 nitrogen and oxygen atoms in total. The molecule has 0 saturated heterocycles. The number of aromatic nitrogens is 1. The molecule has 1 aliphatic rings. The molecule has 23 heavy (non-hydrogen) atoms. The Labute approximate surface area is 136 Å². The number of likely N-dealkylation sites (N-methyl/N-ethyl adjacent to an activating group) is 1. The predicted octanol–water partition coefficient (Wildman–Crippen LogP) is 0.841. The van der Waals surface area contributed by atoms with E-state index in [9.17, 15) is 9.59 Å². The molecular weight excluding hydrogens is 290 g/mol. The first-order valence-electron chi connectivity index (χ1n) is 8.20. The lowest BCUT2D eigenvalue weighted by Gasteiger charge is -2.20. The fraction of sp³-hybridized carbons (Fsp3) is 0.444. The Bertz CT molecular complexity index is 746. The standard InChI is InChI=1S/C18H23N3O2/c1-11-17(14-6-4-5-7-15(14)19-11)18(23)12(2)21(3)10-16(22)20-13-8-9-13/h4-7,12-13,19H,8-10H2,1-3H3,(H,20,22)/p+1/t12-/m0/s1. The van der Waals surface area contributed by atoms with E-state index >= 15 is 0 Å². The molecule has 1 fully saturated rings. The number of rotatable bonds is 6. The van der Waals surface area contributed by atoms with Crippen molar-refractivity contribution in [2.45, 2.75) is 38.8 Å². The highest BCUT2D eigenvalue weighted by atomic mass is 16.2. The summed E-state index contributed by atoms with van der Waals surface area (Å²) < 4.78 is 0. The maximum atomic E-state index is 12.9. The van der Waals surface area contributed by atoms with E-state index in [1.165, 1.54) is 0 Å². The van der Waals surface area contributed by atoms with E-state index in [1.54, 1.807) is 0 Å². The fourth-order valence-corrected chi connectivity index (χ4v) is 2.95. The lowest BCUT2D eigenvalue weighted by molar-refractivity contribution is -0.885. The van der Waals surface area contributed by atoms with Crippen molar-refractivity contribution in [2.75, 3.05) is 13.6 Å². The minimum absolute atomic E-state index is 0.0281. The van der Waals surface area contributed by atoms with E-state index in [0.29, 0.717) is 12.6 Å². The number of hydrogen-bond acceptors (Lipinski definition) is 2. The van der Waals surface area contributed by atoms with Crippen LogP contribution in [0.25, 0.3) is 10.9 Å². The summed E-state index contributed by atoms with van der Waals surface area (Å²) in [7, 11) is 1.90. The number of H-pyrrole nitrogens is 1. The highest BCUT2D eigenvalue weighted by Gasteiger charge is 2.30. The van der Waals surface area contributed by atoms with Crippen LogP contribution in [0.1, 0.15) is 35.8 Å². The number of carbonyl (C=O) groups is 2. The number of amides is 1. The van der Waals surface area contributed by atoms with Gasteiger partial charge in [-0.05, 0) is 32.8 Å². The molecule has 1 heterocycles. The van der Waals surface area contributed by atoms with E-state index in [-0.39, 0.29) is 17.7 Å². The van der Waals surface area contributed by atoms with Crippen LogP contribution in [0.3, 0.4) is 0 Å². The first-order chi connectivity index (χ1) is 11.0. The Morgan fingerprint density at radius 1 is 1.35 bits per heavy atom. The van der Waals surface area contributed by atoms with Crippen LogP contribution >= 0.6 is 0 Å². The Morgan fingerprint density at radius 3 is 2.74 bits per heavy atom. The van der Waals surface area contributed by atoms with Gasteiger partial charge in [-0.2, -0.15) is 0 Å². The second kappa shape index (κ2) is 6.16. The average Bonchev–Trinajstić information content (AvgIpc) is 3.25. The number of fused-ring (bicyclic) bond motifs is 1. The zero-order chi connectivity index (χ0) is 16.6. The number of para-hydroxylation sites is 1. The van der Waals surface area contributed by atoms with Crippen LogP contribution in [0.4, 0.5) is 0 Å². The molecule has 1 aliphatic carbocycles. The summed E-state index contributed by atoms with van der Waals surface area (Å²) in [6, 6.07) is 7.93. The van der Waals surface area contributed by atoms with Crippen molar-refractivity contribution in [3.63, 3.8) is 0 Å². The van der Waals surface area contributed by atoms with Crippen LogP contribution in [0.15, 0.2) is 24.3 Å². The normalized spacial score (nSPS) is 17.0. The number of carbonyl (C=O) groups excluding carboxylic acids is 2. The molecule has 1 amide bonds. The van der Waals surface area contributed by atoms with Gasteiger partial charge in [0.15, 0.2) is 6.54 Å². The molecule has 0 radical (unpaired) electrons. The van der Waals surface area contributed by atoms with Gasteiger partial charge in [-0.25, -0.2) is 0 Å². The van der Waals surface area contributed by atoms with E-state index in [2.05, 4.69) is 10.3 Å². The molecule has 0 aliphatic heterocycles. The maximum Gasteiger partial charge on any atom is 0.275 e. The van der Waals surface area contributed by atoms with Crippen molar-refractivity contribution in [2.24, 2.45) is 0 Å². The zero-order valence-corrected chi connectivity index (χ0v) is 13.9. The van der Waals surface area contributed by atoms with Gasteiger partial charge < -0.3 is 15.2 Å². The second-order valence-corrected chi connectivity index (χ2v) is 6.62. The van der Waals surface area contributed by atoms with Gasteiger partial charge >= 0.3 is 0 Å². The number of hydrogen-bond donors (Lipinski definition) is 3. The number of benzene rings is 1. The van der Waals surface area contributed by atoms with Crippen molar-refractivity contribution in [1.29, 1.82) is 0 Å². The largest absolute Gasteiger partial charge is 0.358 e. The fourth-order valence-electron chi connectivity index (χ4n) is 2.95. The summed E-state index contributed by atoms with van der Waals surface area (Å²) in [4.78, 5) is 29.1. The van der Waals surface area contributed by atoms with Crippen LogP contribution < -0.4 is 10.2 Å². The SMILES string of the molecule is Cc1[nH]c2ccccc2c1C(=O)[C@H](C)[NH+](C)CC(=O)NC1CC1. The molecule has 1 aromatic heterocycles. The maximum absolute atomic E-state index is 12.9. The Kier molecular flexibility index (Phi) is 4.22. The lowest BCUT2D eigenvalue weighted by atomic mass is 10.0. The van der Waals surface area contributed by atoms with Gasteiger partial charge in [0.1, 0.15) is 6.04 Å². The molecular formula is C18H24N3O2+. The number of ketones is 1. The molecule has 122 valence electrons. The summed E-state index contributed by atoms with van der Waals surface area (Å²) in [5.41, 5.74) is 2.61. The first kappa shape index (κ1) is 15.7. The lowest BCUT2D eigenvalue weighted by Crippen LogP contribution is -3.14. The second-order valence-electron chi connectivity index (χ2n) is 6.62. The third-order valence-corrected chi connectivity index (χ3v) is 4.65. The first-order valence-corrected chi connectivity index (χ1v) is 8.20. The minimum Gasteiger partial charge on any atom is -0.358 e. The molecule has 2 aromatic rings. The van der Waals surface area contributed by atoms with Crippen LogP contribution in [0.2, 0.25) is 0 Å². The average molecular weight is 314 g/mol. The van der Waals surface area contributed by atoms with Gasteiger partial charge in [-0.15, -0.1) is 0 Å². The molecule has 0 spiro atoms. The van der Waals surface area contributed by atoms with E-state index < -0.39 is 0 Å². The number of quaternary nitrogens is 1. The molecule has 2 atom stereocenters. The van der Waals surface area contributed by atoms with Crippen LogP contribution in [0.5, 0.6) is 0 Å². The van der Waals surface area contributed by atoms with E-state index in [4.69, 9.17) is 0 Å². The number of Topliss-reactive ketones (excluding diaryl/α,β-unsaturated/α-hetero) is 1. The van der Waals surface area contributed by atoms with Crippen molar-refractivity contribution >= 4 is 22.6 Å². The van der Waals surface area contributed by atoms with Crippen LogP contribution in [-0.2, 0) is 4.79 Å². The number of aromatic amines is 1. The highest BCUT2D eigenvalue weighted by Crippen LogP contribution is 2.22. The van der Waals surface area contributed by atoms with Gasteiger partial charge in [0.05, 0.1) is 12.6 Å². The van der Waals surface area contributed by atoms with Gasteiger partial charge in [0, 0.05) is 22.6 Å². The molecule has 1 aromatic carbocycles. The summed E-state index contributed by atoms with van der Waals surface area (Å²) >= 11 is 0. The van der Waals surface area contributed by atoms with E-state index in [1.807, 2.05) is 45.2 Å². The third kappa shape index (κ3) is 3.29. The molecule has 1 saturated carbocycles. The molecule has 3 N–H and O–H groups in total. The van der Waals surface area contributed by atoms with Gasteiger partial charge in [-0.3, -0.25) is 9.59 Å². The topological polar surface area (TPSA) is 66.4 Å². The summed E-state index contributed by atoms with van der Waals surface area (Å²) in [6.07, 6.45) is 2.15. The van der Waals surface area contributed by atoms with Gasteiger partial charge in [0.25, 0.3) is 5.91 Å². The summed E-state index contributed by atoms with van der Waals surface area (Å²) in [5, 5.41) is 3.93. The van der Waals surface area contributed by atoms with Crippen molar-refractivity contribution in [1.82, 2.24) is 10.3 Å². The Morgan fingerprint density at radius 2 is 2.04 bits per heavy atom. The van der Waals surface area contributed by atoms with Gasteiger partial charge in [-0.1, -0.05) is 18.2 Å². The van der Waals surface area contributed by atoms with Crippen molar-refractivity contribution in [3.8, 4) is 0 Å². The zero-order valence-electron chi connectivity index (χ0n) is 13.9. The predicted molar refractivity (Wildman–Crippen MR) is 89.7 cm³/mol. The Hall–Kier alpha value is -2.14. The smallest absolute Gasteiger partial charge is 0.275 e. The quantitative estimate of drug-likeness (QED) is 0.692. The molecule has 5 heteroatoms. The number of aryl methyl sites for hydroxylation is 1. The van der Waals surface area contributed by atoms with Crippen molar-refractivity contribution in [3.05, 3.63) is 35.5 Å². The number of nitrogens with one attached hydrogen (secondary N) is 3. The minimum atomic E-state index is -0.266. The van der Waals surface area contributed by atoms with Crippen molar-refractivity contribution < 1.29 is 14.5 Å². The summed E-state index contributed by atoms with van der Waals surface area (Å²) in [5.74, 6) is 0.108. The molecule has 3 rings (SSSR count). The summed E-state index contributed by atoms with van der Waals surface area (Å²) in [6.45, 7) is 4.14. The third-order valence-electron chi connectivity index (χ3n) is 4.65. The van der Waals surface area contributed by atoms with Gasteiger partial charge in [0.2, 0.25) is 5.78 Å². The highest BCUT2D eigenvalue weighted by molar-refractivity contribution is 6.10. The van der Waals surface area contributed by atoms with Crippen LogP contribution in [0, 0.1) is 6.92 Å². The monoisotopic (exact) mass is 314 g/mol. The van der Waals surface area contributed by atoms with E-state index in [0.717, 1.165) is 39.9 Å².